The predicted octanol–water partition coefficient (Wildman–Crippen LogP) is 1.96. The van der Waals surface area contributed by atoms with E-state index in [-0.39, 0.29) is 0 Å². The zero-order valence-electron chi connectivity index (χ0n) is 10.5. The molecule has 0 aromatic carbocycles. The summed E-state index contributed by atoms with van der Waals surface area (Å²) >= 11 is 5.72. The molecule has 0 saturated carbocycles. The summed E-state index contributed by atoms with van der Waals surface area (Å²) in [7, 11) is -3.25. The Labute approximate surface area is 110 Å². The molecule has 1 aliphatic rings. The minimum absolute atomic E-state index is 0.356. The highest BCUT2D eigenvalue weighted by Crippen LogP contribution is 2.14. The molecule has 0 aromatic heterocycles. The van der Waals surface area contributed by atoms with Crippen LogP contribution in [0.15, 0.2) is 0 Å². The van der Waals surface area contributed by atoms with E-state index in [0.29, 0.717) is 31.4 Å². The SMILES string of the molecule is CCCC(CCCl)CNS(=O)(=O)N1CCCC1. The van der Waals surface area contributed by atoms with Crippen molar-refractivity contribution < 1.29 is 8.42 Å². The van der Waals surface area contributed by atoms with Crippen LogP contribution in [0.25, 0.3) is 0 Å². The standard InChI is InChI=1S/C11H23ClN2O2S/c1-2-5-11(6-7-12)10-13-17(15,16)14-8-3-4-9-14/h11,13H,2-10H2,1H3. The molecule has 0 bridgehead atoms. The molecule has 17 heavy (non-hydrogen) atoms. The first kappa shape index (κ1) is 15.2. The summed E-state index contributed by atoms with van der Waals surface area (Å²) in [6.07, 6.45) is 4.90. The fourth-order valence-corrected chi connectivity index (χ4v) is 3.83. The van der Waals surface area contributed by atoms with Gasteiger partial charge in [-0.25, -0.2) is 4.72 Å². The van der Waals surface area contributed by atoms with E-state index in [9.17, 15) is 8.42 Å². The van der Waals surface area contributed by atoms with Crippen LogP contribution in [-0.2, 0) is 10.2 Å². The van der Waals surface area contributed by atoms with Gasteiger partial charge in [-0.1, -0.05) is 13.3 Å². The van der Waals surface area contributed by atoms with E-state index >= 15 is 0 Å². The van der Waals surface area contributed by atoms with Gasteiger partial charge in [-0.15, -0.1) is 11.6 Å². The van der Waals surface area contributed by atoms with Crippen molar-refractivity contribution in [3.05, 3.63) is 0 Å². The third-order valence-electron chi connectivity index (χ3n) is 3.17. The first-order valence-corrected chi connectivity index (χ1v) is 8.38. The molecule has 0 aromatic rings. The summed E-state index contributed by atoms with van der Waals surface area (Å²) in [5.74, 6) is 0.950. The molecule has 1 unspecified atom stereocenters. The Morgan fingerprint density at radius 3 is 2.47 bits per heavy atom. The van der Waals surface area contributed by atoms with Crippen molar-refractivity contribution in [3.8, 4) is 0 Å². The van der Waals surface area contributed by atoms with Crippen molar-refractivity contribution in [2.75, 3.05) is 25.5 Å². The number of hydrogen-bond acceptors (Lipinski definition) is 2. The lowest BCUT2D eigenvalue weighted by Gasteiger charge is -2.20. The van der Waals surface area contributed by atoms with E-state index in [4.69, 9.17) is 11.6 Å². The van der Waals surface area contributed by atoms with Crippen LogP contribution < -0.4 is 4.72 Å². The van der Waals surface area contributed by atoms with Crippen LogP contribution in [0.1, 0.15) is 39.0 Å². The molecule has 1 atom stereocenters. The molecule has 1 fully saturated rings. The molecule has 4 nitrogen and oxygen atoms in total. The molecule has 1 rings (SSSR count). The van der Waals surface area contributed by atoms with Crippen molar-refractivity contribution in [3.63, 3.8) is 0 Å². The molecule has 1 aliphatic heterocycles. The highest BCUT2D eigenvalue weighted by atomic mass is 35.5. The number of rotatable bonds is 8. The van der Waals surface area contributed by atoms with Crippen LogP contribution >= 0.6 is 11.6 Å². The summed E-state index contributed by atoms with van der Waals surface area (Å²) in [6, 6.07) is 0. The number of nitrogens with one attached hydrogen (secondary N) is 1. The molecule has 6 heteroatoms. The van der Waals surface area contributed by atoms with E-state index in [1.807, 2.05) is 0 Å². The number of halogens is 1. The van der Waals surface area contributed by atoms with Crippen LogP contribution in [-0.4, -0.2) is 38.2 Å². The van der Waals surface area contributed by atoms with E-state index < -0.39 is 10.2 Å². The Morgan fingerprint density at radius 1 is 1.29 bits per heavy atom. The minimum Gasteiger partial charge on any atom is -0.202 e. The van der Waals surface area contributed by atoms with E-state index in [1.165, 1.54) is 4.31 Å². The molecular weight excluding hydrogens is 260 g/mol. The molecule has 0 radical (unpaired) electrons. The zero-order valence-corrected chi connectivity index (χ0v) is 12.1. The van der Waals surface area contributed by atoms with Crippen LogP contribution in [0.4, 0.5) is 0 Å². The van der Waals surface area contributed by atoms with Crippen LogP contribution in [0, 0.1) is 5.92 Å². The van der Waals surface area contributed by atoms with Gasteiger partial charge in [0.1, 0.15) is 0 Å². The molecule has 1 N–H and O–H groups in total. The smallest absolute Gasteiger partial charge is 0.202 e. The Bertz CT molecular complexity index is 297. The topological polar surface area (TPSA) is 49.4 Å². The lowest BCUT2D eigenvalue weighted by atomic mass is 10.0. The fraction of sp³-hybridized carbons (Fsp3) is 1.00. The molecule has 0 aliphatic carbocycles. The summed E-state index contributed by atoms with van der Waals surface area (Å²) < 4.78 is 28.1. The molecule has 0 amide bonds. The number of hydrogen-bond donors (Lipinski definition) is 1. The first-order valence-electron chi connectivity index (χ1n) is 6.41. The van der Waals surface area contributed by atoms with Crippen molar-refractivity contribution >= 4 is 21.8 Å². The maximum absolute atomic E-state index is 11.9. The maximum Gasteiger partial charge on any atom is 0.279 e. The average Bonchev–Trinajstić information content (AvgIpc) is 2.81. The third kappa shape index (κ3) is 5.12. The van der Waals surface area contributed by atoms with Crippen molar-refractivity contribution in [2.24, 2.45) is 5.92 Å². The van der Waals surface area contributed by atoms with Crippen molar-refractivity contribution in [1.82, 2.24) is 9.03 Å². The summed E-state index contributed by atoms with van der Waals surface area (Å²) in [5, 5.41) is 0. The first-order chi connectivity index (χ1) is 8.10. The van der Waals surface area contributed by atoms with Crippen LogP contribution in [0.3, 0.4) is 0 Å². The maximum atomic E-state index is 11.9. The average molecular weight is 283 g/mol. The lowest BCUT2D eigenvalue weighted by Crippen LogP contribution is -2.41. The van der Waals surface area contributed by atoms with Gasteiger partial charge in [-0.2, -0.15) is 12.7 Å². The summed E-state index contributed by atoms with van der Waals surface area (Å²) in [4.78, 5) is 0. The lowest BCUT2D eigenvalue weighted by molar-refractivity contribution is 0.429. The highest BCUT2D eigenvalue weighted by molar-refractivity contribution is 7.87. The fourth-order valence-electron chi connectivity index (χ4n) is 2.15. The minimum atomic E-state index is -3.25. The van der Waals surface area contributed by atoms with Gasteiger partial charge in [0.05, 0.1) is 0 Å². The van der Waals surface area contributed by atoms with E-state index in [2.05, 4.69) is 11.6 Å². The third-order valence-corrected chi connectivity index (χ3v) is 4.97. The molecule has 0 spiro atoms. The molecular formula is C11H23ClN2O2S. The largest absolute Gasteiger partial charge is 0.279 e. The van der Waals surface area contributed by atoms with Gasteiger partial charge in [0, 0.05) is 25.5 Å². The number of nitrogens with zero attached hydrogens (tertiary/aromatic N) is 1. The zero-order chi connectivity index (χ0) is 12.7. The number of alkyl halides is 1. The van der Waals surface area contributed by atoms with E-state index in [0.717, 1.165) is 32.1 Å². The molecule has 102 valence electrons. The monoisotopic (exact) mass is 282 g/mol. The van der Waals surface area contributed by atoms with Crippen molar-refractivity contribution in [2.45, 2.75) is 39.0 Å². The predicted molar refractivity (Wildman–Crippen MR) is 71.5 cm³/mol. The van der Waals surface area contributed by atoms with E-state index in [1.54, 1.807) is 0 Å². The van der Waals surface area contributed by atoms with Gasteiger partial charge < -0.3 is 0 Å². The van der Waals surface area contributed by atoms with Gasteiger partial charge in [0.2, 0.25) is 0 Å². The Balaban J connectivity index is 2.40. The summed E-state index contributed by atoms with van der Waals surface area (Å²) in [6.45, 7) is 3.93. The van der Waals surface area contributed by atoms with Gasteiger partial charge >= 0.3 is 0 Å². The Hall–Kier alpha value is 0.160. The molecule has 1 saturated heterocycles. The van der Waals surface area contributed by atoms with Gasteiger partial charge in [0.25, 0.3) is 10.2 Å². The van der Waals surface area contributed by atoms with Crippen molar-refractivity contribution in [1.29, 1.82) is 0 Å². The quantitative estimate of drug-likeness (QED) is 0.692. The van der Waals surface area contributed by atoms with Gasteiger partial charge in [0.15, 0.2) is 0 Å². The normalized spacial score (nSPS) is 19.6. The molecule has 1 heterocycles. The Kier molecular flexibility index (Phi) is 6.77. The van der Waals surface area contributed by atoms with Crippen LogP contribution in [0.5, 0.6) is 0 Å². The second-order valence-corrected chi connectivity index (χ2v) is 6.73. The second kappa shape index (κ2) is 7.56. The van der Waals surface area contributed by atoms with Gasteiger partial charge in [-0.3, -0.25) is 0 Å². The van der Waals surface area contributed by atoms with Crippen LogP contribution in [0.2, 0.25) is 0 Å². The highest BCUT2D eigenvalue weighted by Gasteiger charge is 2.25. The Morgan fingerprint density at radius 2 is 1.94 bits per heavy atom. The van der Waals surface area contributed by atoms with Gasteiger partial charge in [-0.05, 0) is 31.6 Å². The second-order valence-electron chi connectivity index (χ2n) is 4.59. The summed E-state index contributed by atoms with van der Waals surface area (Å²) in [5.41, 5.74) is 0.